The number of piperidine rings is 1. The van der Waals surface area contributed by atoms with Crippen molar-refractivity contribution in [2.45, 2.75) is 32.4 Å². The summed E-state index contributed by atoms with van der Waals surface area (Å²) in [4.78, 5) is 2.43. The third kappa shape index (κ3) is 3.30. The van der Waals surface area contributed by atoms with Crippen LogP contribution in [-0.4, -0.2) is 49.1 Å². The molecule has 3 aliphatic rings. The van der Waals surface area contributed by atoms with E-state index in [1.807, 2.05) is 6.07 Å². The van der Waals surface area contributed by atoms with Gasteiger partial charge in [-0.25, -0.2) is 8.42 Å². The molecule has 116 valence electrons. The number of rotatable bonds is 4. The standard InChI is InChI=1S/C16H24N2O2S/c1-2-21(19,20)18-12-15-8-9-16(18)13-17(11-15)10-14-6-4-3-5-7-14/h3-7,15-16H,2,8-13H2,1H3/t15-,16+/m0/s1. The molecular formula is C16H24N2O2S. The van der Waals surface area contributed by atoms with E-state index in [1.54, 1.807) is 11.2 Å². The second-order valence-electron chi connectivity index (χ2n) is 6.25. The molecule has 5 heteroatoms. The van der Waals surface area contributed by atoms with E-state index in [4.69, 9.17) is 0 Å². The lowest BCUT2D eigenvalue weighted by atomic mass is 9.97. The van der Waals surface area contributed by atoms with Crippen molar-refractivity contribution in [3.8, 4) is 0 Å². The van der Waals surface area contributed by atoms with Crippen LogP contribution in [0.2, 0.25) is 0 Å². The van der Waals surface area contributed by atoms with Crippen molar-refractivity contribution in [2.24, 2.45) is 5.92 Å². The first-order valence-electron chi connectivity index (χ1n) is 7.84. The van der Waals surface area contributed by atoms with Crippen LogP contribution in [0.5, 0.6) is 0 Å². The van der Waals surface area contributed by atoms with Gasteiger partial charge < -0.3 is 0 Å². The van der Waals surface area contributed by atoms with Crippen LogP contribution < -0.4 is 0 Å². The zero-order valence-electron chi connectivity index (χ0n) is 12.6. The number of nitrogens with zero attached hydrogens (tertiary/aromatic N) is 2. The molecule has 3 heterocycles. The number of sulfonamides is 1. The van der Waals surface area contributed by atoms with Crippen molar-refractivity contribution in [1.29, 1.82) is 0 Å². The summed E-state index contributed by atoms with van der Waals surface area (Å²) in [7, 11) is -3.07. The molecule has 4 rings (SSSR count). The first-order chi connectivity index (χ1) is 10.1. The van der Waals surface area contributed by atoms with Crippen LogP contribution in [0.3, 0.4) is 0 Å². The summed E-state index contributed by atoms with van der Waals surface area (Å²) in [6.07, 6.45) is 2.17. The minimum Gasteiger partial charge on any atom is -0.297 e. The van der Waals surface area contributed by atoms with Gasteiger partial charge >= 0.3 is 0 Å². The fraction of sp³-hybridized carbons (Fsp3) is 0.625. The molecular weight excluding hydrogens is 284 g/mol. The Morgan fingerprint density at radius 2 is 1.86 bits per heavy atom. The molecule has 1 aromatic carbocycles. The lowest BCUT2D eigenvalue weighted by Crippen LogP contribution is -2.47. The highest BCUT2D eigenvalue weighted by Gasteiger charge is 2.39. The maximum atomic E-state index is 12.3. The lowest BCUT2D eigenvalue weighted by Gasteiger charge is -2.34. The molecule has 0 saturated carbocycles. The Kier molecular flexibility index (Phi) is 4.33. The number of hydrogen-bond donors (Lipinski definition) is 0. The predicted octanol–water partition coefficient (Wildman–Crippen LogP) is 1.93. The van der Waals surface area contributed by atoms with Gasteiger partial charge in [0.1, 0.15) is 0 Å². The first-order valence-corrected chi connectivity index (χ1v) is 9.45. The smallest absolute Gasteiger partial charge is 0.214 e. The Labute approximate surface area is 127 Å². The average molecular weight is 308 g/mol. The third-order valence-electron chi connectivity index (χ3n) is 4.71. The van der Waals surface area contributed by atoms with Crippen LogP contribution in [0.1, 0.15) is 25.3 Å². The molecule has 1 aromatic rings. The topological polar surface area (TPSA) is 40.6 Å². The number of hydrogen-bond acceptors (Lipinski definition) is 3. The number of benzene rings is 1. The van der Waals surface area contributed by atoms with Crippen LogP contribution in [0, 0.1) is 5.92 Å². The molecule has 0 spiro atoms. The van der Waals surface area contributed by atoms with Crippen LogP contribution in [0.15, 0.2) is 30.3 Å². The lowest BCUT2D eigenvalue weighted by molar-refractivity contribution is 0.226. The second kappa shape index (κ2) is 6.07. The molecule has 2 bridgehead atoms. The monoisotopic (exact) mass is 308 g/mol. The normalized spacial score (nSPS) is 27.7. The molecule has 0 radical (unpaired) electrons. The summed E-state index contributed by atoms with van der Waals surface area (Å²) in [6.45, 7) is 5.27. The summed E-state index contributed by atoms with van der Waals surface area (Å²) in [5.74, 6) is 0.698. The fourth-order valence-electron chi connectivity index (χ4n) is 3.61. The van der Waals surface area contributed by atoms with Crippen molar-refractivity contribution in [3.63, 3.8) is 0 Å². The van der Waals surface area contributed by atoms with E-state index in [-0.39, 0.29) is 11.8 Å². The van der Waals surface area contributed by atoms with E-state index in [9.17, 15) is 8.42 Å². The molecule has 3 saturated heterocycles. The highest BCUT2D eigenvalue weighted by Crippen LogP contribution is 2.30. The zero-order valence-corrected chi connectivity index (χ0v) is 13.4. The minimum absolute atomic E-state index is 0.164. The van der Waals surface area contributed by atoms with Crippen molar-refractivity contribution < 1.29 is 8.42 Å². The van der Waals surface area contributed by atoms with E-state index in [2.05, 4.69) is 29.2 Å². The van der Waals surface area contributed by atoms with Crippen LogP contribution in [0.25, 0.3) is 0 Å². The maximum absolute atomic E-state index is 12.3. The van der Waals surface area contributed by atoms with E-state index >= 15 is 0 Å². The minimum atomic E-state index is -3.07. The quantitative estimate of drug-likeness (QED) is 0.853. The van der Waals surface area contributed by atoms with Crippen molar-refractivity contribution in [3.05, 3.63) is 35.9 Å². The summed E-state index contributed by atoms with van der Waals surface area (Å²) in [6, 6.07) is 10.6. The van der Waals surface area contributed by atoms with Gasteiger partial charge in [-0.2, -0.15) is 4.31 Å². The molecule has 21 heavy (non-hydrogen) atoms. The zero-order chi connectivity index (χ0) is 14.9. The molecule has 3 fully saturated rings. The second-order valence-corrected chi connectivity index (χ2v) is 8.46. The SMILES string of the molecule is CCS(=O)(=O)N1C[C@H]2CC[C@@H]1CN(Cc1ccccc1)C2. The predicted molar refractivity (Wildman–Crippen MR) is 84.4 cm³/mol. The highest BCUT2D eigenvalue weighted by molar-refractivity contribution is 7.89. The van der Waals surface area contributed by atoms with Gasteiger partial charge in [-0.05, 0) is 31.2 Å². The van der Waals surface area contributed by atoms with E-state index in [0.717, 1.165) is 32.5 Å². The Morgan fingerprint density at radius 1 is 1.10 bits per heavy atom. The van der Waals surface area contributed by atoms with Crippen molar-refractivity contribution in [1.82, 2.24) is 9.21 Å². The Hall–Kier alpha value is -0.910. The van der Waals surface area contributed by atoms with Gasteiger partial charge in [0.15, 0.2) is 0 Å². The summed E-state index contributed by atoms with van der Waals surface area (Å²) in [5.41, 5.74) is 1.31. The highest BCUT2D eigenvalue weighted by atomic mass is 32.2. The summed E-state index contributed by atoms with van der Waals surface area (Å²) >= 11 is 0. The fourth-order valence-corrected chi connectivity index (χ4v) is 5.01. The van der Waals surface area contributed by atoms with Gasteiger partial charge in [0.25, 0.3) is 0 Å². The summed E-state index contributed by atoms with van der Waals surface area (Å²) in [5, 5.41) is 0. The summed E-state index contributed by atoms with van der Waals surface area (Å²) < 4.78 is 26.3. The van der Waals surface area contributed by atoms with Gasteiger partial charge in [0.2, 0.25) is 10.0 Å². The maximum Gasteiger partial charge on any atom is 0.214 e. The van der Waals surface area contributed by atoms with E-state index in [1.165, 1.54) is 5.56 Å². The van der Waals surface area contributed by atoms with Gasteiger partial charge in [0, 0.05) is 32.2 Å². The molecule has 0 unspecified atom stereocenters. The Bertz CT molecular complexity index is 573. The Balaban J connectivity index is 1.75. The van der Waals surface area contributed by atoms with E-state index < -0.39 is 10.0 Å². The van der Waals surface area contributed by atoms with Crippen molar-refractivity contribution in [2.75, 3.05) is 25.4 Å². The molecule has 0 N–H and O–H groups in total. The largest absolute Gasteiger partial charge is 0.297 e. The molecule has 0 aromatic heterocycles. The number of fused-ring (bicyclic) bond motifs is 4. The van der Waals surface area contributed by atoms with Gasteiger partial charge in [-0.1, -0.05) is 30.3 Å². The molecule has 2 atom stereocenters. The van der Waals surface area contributed by atoms with E-state index in [0.29, 0.717) is 12.5 Å². The first kappa shape index (κ1) is 15.0. The molecule has 4 nitrogen and oxygen atoms in total. The van der Waals surface area contributed by atoms with Crippen LogP contribution >= 0.6 is 0 Å². The van der Waals surface area contributed by atoms with Crippen LogP contribution in [0.4, 0.5) is 0 Å². The average Bonchev–Trinajstić information content (AvgIpc) is 2.79. The van der Waals surface area contributed by atoms with Gasteiger partial charge in [0.05, 0.1) is 5.75 Å². The molecule has 0 amide bonds. The third-order valence-corrected chi connectivity index (χ3v) is 6.60. The molecule has 3 aliphatic heterocycles. The molecule has 0 aliphatic carbocycles. The van der Waals surface area contributed by atoms with Crippen LogP contribution in [-0.2, 0) is 16.6 Å². The van der Waals surface area contributed by atoms with Gasteiger partial charge in [-0.3, -0.25) is 4.90 Å². The Morgan fingerprint density at radius 3 is 2.57 bits per heavy atom. The van der Waals surface area contributed by atoms with Gasteiger partial charge in [-0.15, -0.1) is 0 Å². The van der Waals surface area contributed by atoms with Crippen molar-refractivity contribution >= 4 is 10.0 Å².